The molecule has 0 saturated heterocycles. The first-order chi connectivity index (χ1) is 14.3. The van der Waals surface area contributed by atoms with Gasteiger partial charge in [-0.3, -0.25) is 4.79 Å². The van der Waals surface area contributed by atoms with Crippen molar-refractivity contribution < 1.29 is 14.3 Å². The van der Waals surface area contributed by atoms with Crippen LogP contribution in [0.2, 0.25) is 5.02 Å². The molecule has 2 aromatic carbocycles. The molecule has 0 aliphatic rings. The van der Waals surface area contributed by atoms with Gasteiger partial charge in [0.25, 0.3) is 0 Å². The molecule has 0 bridgehead atoms. The Kier molecular flexibility index (Phi) is 7.00. The van der Waals surface area contributed by atoms with E-state index in [2.05, 4.69) is 15.6 Å². The van der Waals surface area contributed by atoms with Gasteiger partial charge in [0.05, 0.1) is 6.61 Å². The number of benzene rings is 2. The minimum absolute atomic E-state index is 0.202. The van der Waals surface area contributed by atoms with Crippen molar-refractivity contribution in [3.63, 3.8) is 0 Å². The van der Waals surface area contributed by atoms with Gasteiger partial charge in [-0.05, 0) is 48.2 Å². The maximum absolute atomic E-state index is 13.1. The Hall–Kier alpha value is -2.99. The lowest BCUT2D eigenvalue weighted by Crippen LogP contribution is -2.45. The number of hydrogen-bond donors (Lipinski definition) is 3. The van der Waals surface area contributed by atoms with E-state index in [4.69, 9.17) is 16.3 Å². The van der Waals surface area contributed by atoms with E-state index in [-0.39, 0.29) is 18.4 Å². The van der Waals surface area contributed by atoms with Crippen molar-refractivity contribution in [3.8, 4) is 0 Å². The Morgan fingerprint density at radius 3 is 2.67 bits per heavy atom. The number of carbonyl (C=O) groups is 2. The molecule has 1 atom stereocenters. The highest BCUT2D eigenvalue weighted by atomic mass is 35.5. The molecule has 3 rings (SSSR count). The largest absolute Gasteiger partial charge is 0.449 e. The number of ether oxygens (including phenoxy) is 1. The van der Waals surface area contributed by atoms with Crippen molar-refractivity contribution >= 4 is 40.2 Å². The van der Waals surface area contributed by atoms with E-state index in [1.54, 1.807) is 18.2 Å². The van der Waals surface area contributed by atoms with Crippen molar-refractivity contribution in [3.05, 3.63) is 64.8 Å². The van der Waals surface area contributed by atoms with E-state index in [0.29, 0.717) is 17.1 Å². The van der Waals surface area contributed by atoms with E-state index in [0.717, 1.165) is 22.0 Å². The Morgan fingerprint density at radius 1 is 1.17 bits per heavy atom. The van der Waals surface area contributed by atoms with Crippen molar-refractivity contribution in [2.24, 2.45) is 5.92 Å². The standard InChI is InChI=1S/C23H26ClN3O3/c1-14(2)13-30-23(29)27-21(11-16-12-25-20-7-5-4-6-18(16)20)22(28)26-19-9-8-17(24)10-15(19)3/h4-10,12,14,21,25H,11,13H2,1-3H3,(H,26,28)(H,27,29)/t21-/m1/s1. The highest BCUT2D eigenvalue weighted by Gasteiger charge is 2.24. The molecule has 1 aromatic heterocycles. The molecule has 0 radical (unpaired) electrons. The molecule has 0 spiro atoms. The molecule has 6 nitrogen and oxygen atoms in total. The fraction of sp³-hybridized carbons (Fsp3) is 0.304. The number of amides is 2. The van der Waals surface area contributed by atoms with E-state index in [9.17, 15) is 9.59 Å². The second-order valence-electron chi connectivity index (χ2n) is 7.70. The van der Waals surface area contributed by atoms with Crippen LogP contribution in [0.4, 0.5) is 10.5 Å². The molecule has 2 amide bonds. The molecule has 3 aromatic rings. The number of anilines is 1. The number of rotatable bonds is 7. The average molecular weight is 428 g/mol. The van der Waals surface area contributed by atoms with Crippen molar-refractivity contribution in [2.45, 2.75) is 33.2 Å². The maximum Gasteiger partial charge on any atom is 0.407 e. The summed E-state index contributed by atoms with van der Waals surface area (Å²) in [5.74, 6) is -0.124. The number of carbonyl (C=O) groups excluding carboxylic acids is 2. The van der Waals surface area contributed by atoms with Gasteiger partial charge in [0.2, 0.25) is 5.91 Å². The summed E-state index contributed by atoms with van der Waals surface area (Å²) in [7, 11) is 0. The molecule has 7 heteroatoms. The third-order valence-electron chi connectivity index (χ3n) is 4.70. The first kappa shape index (κ1) is 21.7. The Labute approximate surface area is 181 Å². The molecule has 0 aliphatic heterocycles. The van der Waals surface area contributed by atoms with Crippen LogP contribution in [0.15, 0.2) is 48.7 Å². The first-order valence-electron chi connectivity index (χ1n) is 9.88. The van der Waals surface area contributed by atoms with Gasteiger partial charge in [-0.15, -0.1) is 0 Å². The highest BCUT2D eigenvalue weighted by molar-refractivity contribution is 6.30. The quantitative estimate of drug-likeness (QED) is 0.492. The third kappa shape index (κ3) is 5.54. The molecule has 3 N–H and O–H groups in total. The Morgan fingerprint density at radius 2 is 1.93 bits per heavy atom. The van der Waals surface area contributed by atoms with Crippen LogP contribution in [0.5, 0.6) is 0 Å². The molecule has 30 heavy (non-hydrogen) atoms. The Balaban J connectivity index is 1.80. The van der Waals surface area contributed by atoms with Gasteiger partial charge in [-0.25, -0.2) is 4.79 Å². The summed E-state index contributed by atoms with van der Waals surface area (Å²) in [6, 6.07) is 12.3. The topological polar surface area (TPSA) is 83.2 Å². The van der Waals surface area contributed by atoms with Crippen LogP contribution in [0.25, 0.3) is 10.9 Å². The van der Waals surface area contributed by atoms with Crippen LogP contribution < -0.4 is 10.6 Å². The lowest BCUT2D eigenvalue weighted by atomic mass is 10.0. The molecule has 0 fully saturated rings. The van der Waals surface area contributed by atoms with Gasteiger partial charge in [0.1, 0.15) is 6.04 Å². The fourth-order valence-corrected chi connectivity index (χ4v) is 3.37. The zero-order valence-corrected chi connectivity index (χ0v) is 18.0. The molecule has 1 heterocycles. The normalized spacial score (nSPS) is 12.0. The van der Waals surface area contributed by atoms with Gasteiger partial charge >= 0.3 is 6.09 Å². The summed E-state index contributed by atoms with van der Waals surface area (Å²) in [5.41, 5.74) is 3.39. The second-order valence-corrected chi connectivity index (χ2v) is 8.14. The zero-order valence-electron chi connectivity index (χ0n) is 17.3. The summed E-state index contributed by atoms with van der Waals surface area (Å²) in [4.78, 5) is 28.5. The Bertz CT molecular complexity index is 1050. The van der Waals surface area contributed by atoms with Gasteiger partial charge in [-0.1, -0.05) is 43.6 Å². The summed E-state index contributed by atoms with van der Waals surface area (Å²) in [5, 5.41) is 7.21. The van der Waals surface area contributed by atoms with Crippen LogP contribution in [-0.4, -0.2) is 29.6 Å². The first-order valence-corrected chi connectivity index (χ1v) is 10.3. The molecule has 0 saturated carbocycles. The zero-order chi connectivity index (χ0) is 21.7. The number of fused-ring (bicyclic) bond motifs is 1. The number of aromatic nitrogens is 1. The van der Waals surface area contributed by atoms with E-state index >= 15 is 0 Å². The summed E-state index contributed by atoms with van der Waals surface area (Å²) >= 11 is 6.01. The number of aryl methyl sites for hydroxylation is 1. The minimum Gasteiger partial charge on any atom is -0.449 e. The average Bonchev–Trinajstić information content (AvgIpc) is 3.11. The van der Waals surface area contributed by atoms with E-state index in [1.807, 2.05) is 51.2 Å². The number of nitrogens with one attached hydrogen (secondary N) is 3. The number of para-hydroxylation sites is 1. The van der Waals surface area contributed by atoms with Crippen molar-refractivity contribution in [2.75, 3.05) is 11.9 Å². The molecule has 0 aliphatic carbocycles. The van der Waals surface area contributed by atoms with Crippen LogP contribution in [0.1, 0.15) is 25.0 Å². The molecular weight excluding hydrogens is 402 g/mol. The number of halogens is 1. The van der Waals surface area contributed by atoms with Crippen LogP contribution in [0, 0.1) is 12.8 Å². The van der Waals surface area contributed by atoms with Gasteiger partial charge in [0, 0.05) is 34.2 Å². The van der Waals surface area contributed by atoms with E-state index in [1.165, 1.54) is 0 Å². The fourth-order valence-electron chi connectivity index (χ4n) is 3.14. The number of alkyl carbamates (subject to hydrolysis) is 1. The number of hydrogen-bond acceptors (Lipinski definition) is 3. The smallest absolute Gasteiger partial charge is 0.407 e. The predicted molar refractivity (Wildman–Crippen MR) is 120 cm³/mol. The third-order valence-corrected chi connectivity index (χ3v) is 4.94. The van der Waals surface area contributed by atoms with Crippen molar-refractivity contribution in [1.82, 2.24) is 10.3 Å². The highest BCUT2D eigenvalue weighted by Crippen LogP contribution is 2.22. The van der Waals surface area contributed by atoms with E-state index < -0.39 is 12.1 Å². The monoisotopic (exact) mass is 427 g/mol. The molecule has 0 unspecified atom stereocenters. The summed E-state index contributed by atoms with van der Waals surface area (Å²) in [6.07, 6.45) is 1.57. The lowest BCUT2D eigenvalue weighted by Gasteiger charge is -2.19. The summed E-state index contributed by atoms with van der Waals surface area (Å²) in [6.45, 7) is 6.05. The second kappa shape index (κ2) is 9.67. The van der Waals surface area contributed by atoms with Gasteiger partial charge in [-0.2, -0.15) is 0 Å². The van der Waals surface area contributed by atoms with Gasteiger partial charge < -0.3 is 20.4 Å². The lowest BCUT2D eigenvalue weighted by molar-refractivity contribution is -0.118. The maximum atomic E-state index is 13.1. The molecule has 158 valence electrons. The number of aromatic amines is 1. The molecular formula is C23H26ClN3O3. The van der Waals surface area contributed by atoms with Gasteiger partial charge in [0.15, 0.2) is 0 Å². The SMILES string of the molecule is Cc1cc(Cl)ccc1NC(=O)[C@@H](Cc1c[nH]c2ccccc12)NC(=O)OCC(C)C. The minimum atomic E-state index is -0.807. The van der Waals surface area contributed by atoms with Crippen LogP contribution >= 0.6 is 11.6 Å². The van der Waals surface area contributed by atoms with Crippen LogP contribution in [-0.2, 0) is 16.0 Å². The van der Waals surface area contributed by atoms with Crippen molar-refractivity contribution in [1.29, 1.82) is 0 Å². The van der Waals surface area contributed by atoms with Crippen LogP contribution in [0.3, 0.4) is 0 Å². The predicted octanol–water partition coefficient (Wildman–Crippen LogP) is 5.06. The number of H-pyrrole nitrogens is 1. The summed E-state index contributed by atoms with van der Waals surface area (Å²) < 4.78 is 5.23.